The van der Waals surface area contributed by atoms with Gasteiger partial charge >= 0.3 is 0 Å². The van der Waals surface area contributed by atoms with E-state index in [-0.39, 0.29) is 16.5 Å². The summed E-state index contributed by atoms with van der Waals surface area (Å²) in [5.41, 5.74) is 0.698. The average Bonchev–Trinajstić information content (AvgIpc) is 3.37. The number of benzene rings is 2. The topological polar surface area (TPSA) is 115 Å². The van der Waals surface area contributed by atoms with Crippen LogP contribution < -0.4 is 15.4 Å². The van der Waals surface area contributed by atoms with Crippen LogP contribution in [0.4, 0.5) is 8.78 Å². The van der Waals surface area contributed by atoms with E-state index in [1.807, 2.05) is 30.3 Å². The van der Waals surface area contributed by atoms with Crippen molar-refractivity contribution in [3.8, 4) is 12.1 Å². The summed E-state index contributed by atoms with van der Waals surface area (Å²) < 4.78 is 34.9. The fourth-order valence-electron chi connectivity index (χ4n) is 4.16. The van der Waals surface area contributed by atoms with Gasteiger partial charge in [-0.25, -0.2) is 18.8 Å². The van der Waals surface area contributed by atoms with Crippen LogP contribution in [0.5, 0.6) is 5.88 Å². The third kappa shape index (κ3) is 6.38. The standard InChI is InChI=1S/C28H27F2N7O2S/c1-19(39-24-11-6-7-15-33-24)26(38)37-28(20-9-4-3-5-10-20,14-8-16-34-27(32-2)35-18-31)40-25(36-37)22-17-21(29)12-13-23(22)30/h3-7,9-13,15,17,19H,8,14,16H2,1-2H3,(H2,32,34,35)/t19-,28?/m0/s1. The first-order chi connectivity index (χ1) is 19.4. The molecule has 0 aliphatic carbocycles. The number of guanidine groups is 1. The van der Waals surface area contributed by atoms with Crippen molar-refractivity contribution in [3.63, 3.8) is 0 Å². The van der Waals surface area contributed by atoms with E-state index in [1.54, 1.807) is 44.6 Å². The molecule has 1 unspecified atom stereocenters. The summed E-state index contributed by atoms with van der Waals surface area (Å²) in [6.45, 7) is 2.00. The SMILES string of the molecule is CN/C(=N/C#N)NCCCC1(c2ccccc2)SC(c2cc(F)ccc2F)=NN1C(=O)[C@H](C)Oc1ccccn1. The molecule has 0 fully saturated rings. The van der Waals surface area contributed by atoms with Crippen LogP contribution >= 0.6 is 11.8 Å². The Morgan fingerprint density at radius 2 is 1.98 bits per heavy atom. The maximum atomic E-state index is 14.9. The highest BCUT2D eigenvalue weighted by Crippen LogP contribution is 2.51. The van der Waals surface area contributed by atoms with E-state index in [1.165, 1.54) is 16.8 Å². The molecule has 2 atom stereocenters. The van der Waals surface area contributed by atoms with Gasteiger partial charge in [0.15, 0.2) is 6.10 Å². The molecule has 1 aliphatic rings. The summed E-state index contributed by atoms with van der Waals surface area (Å²) in [5, 5.41) is 20.8. The van der Waals surface area contributed by atoms with Gasteiger partial charge in [-0.15, -0.1) is 4.99 Å². The molecule has 2 aromatic carbocycles. The summed E-state index contributed by atoms with van der Waals surface area (Å²) >= 11 is 1.17. The van der Waals surface area contributed by atoms with Gasteiger partial charge in [-0.05, 0) is 49.6 Å². The molecule has 9 nitrogen and oxygen atoms in total. The van der Waals surface area contributed by atoms with Crippen LogP contribution in [0.3, 0.4) is 0 Å². The van der Waals surface area contributed by atoms with Gasteiger partial charge in [-0.2, -0.15) is 10.4 Å². The van der Waals surface area contributed by atoms with E-state index >= 15 is 0 Å². The number of aliphatic imine (C=N–C) groups is 1. The number of rotatable bonds is 9. The van der Waals surface area contributed by atoms with Crippen molar-refractivity contribution < 1.29 is 18.3 Å². The van der Waals surface area contributed by atoms with E-state index in [0.717, 1.165) is 23.8 Å². The lowest BCUT2D eigenvalue weighted by Gasteiger charge is -2.37. The molecule has 0 radical (unpaired) electrons. The summed E-state index contributed by atoms with van der Waals surface area (Å²) in [4.78, 5) is 20.6. The van der Waals surface area contributed by atoms with Gasteiger partial charge in [0.2, 0.25) is 18.0 Å². The Morgan fingerprint density at radius 1 is 1.20 bits per heavy atom. The van der Waals surface area contributed by atoms with Gasteiger partial charge in [-0.3, -0.25) is 4.79 Å². The number of amides is 1. The van der Waals surface area contributed by atoms with Crippen molar-refractivity contribution in [1.29, 1.82) is 5.26 Å². The number of thioether (sulfide) groups is 1. The number of hydrogen-bond acceptors (Lipinski definition) is 7. The number of carbonyl (C=O) groups is 1. The van der Waals surface area contributed by atoms with E-state index in [0.29, 0.717) is 25.3 Å². The number of nitrogens with one attached hydrogen (secondary N) is 2. The number of hydrogen-bond donors (Lipinski definition) is 2. The van der Waals surface area contributed by atoms with Crippen molar-refractivity contribution in [2.75, 3.05) is 13.6 Å². The fraction of sp³-hybridized carbons (Fsp3) is 0.250. The van der Waals surface area contributed by atoms with Crippen LogP contribution in [-0.2, 0) is 9.67 Å². The van der Waals surface area contributed by atoms with Crippen LogP contribution in [0.2, 0.25) is 0 Å². The quantitative estimate of drug-likeness (QED) is 0.172. The molecule has 0 spiro atoms. The first-order valence-corrected chi connectivity index (χ1v) is 13.3. The Bertz CT molecular complexity index is 1430. The second-order valence-electron chi connectivity index (χ2n) is 8.70. The number of nitrogens with zero attached hydrogens (tertiary/aromatic N) is 5. The Labute approximate surface area is 235 Å². The lowest BCUT2D eigenvalue weighted by molar-refractivity contribution is -0.141. The zero-order valence-corrected chi connectivity index (χ0v) is 22.7. The maximum Gasteiger partial charge on any atom is 0.285 e. The predicted molar refractivity (Wildman–Crippen MR) is 149 cm³/mol. The molecule has 0 saturated carbocycles. The van der Waals surface area contributed by atoms with Gasteiger partial charge < -0.3 is 15.4 Å². The molecule has 0 saturated heterocycles. The van der Waals surface area contributed by atoms with Crippen LogP contribution in [0.1, 0.15) is 30.9 Å². The number of ether oxygens (including phenoxy) is 1. The third-order valence-corrected chi connectivity index (χ3v) is 7.50. The van der Waals surface area contributed by atoms with Crippen LogP contribution in [0.25, 0.3) is 0 Å². The molecular weight excluding hydrogens is 536 g/mol. The number of hydrazone groups is 1. The molecule has 0 bridgehead atoms. The number of carbonyl (C=O) groups excluding carboxylic acids is 1. The van der Waals surface area contributed by atoms with E-state index in [9.17, 15) is 13.6 Å². The van der Waals surface area contributed by atoms with Crippen LogP contribution in [0.15, 0.2) is 83.0 Å². The van der Waals surface area contributed by atoms with Crippen molar-refractivity contribution in [3.05, 3.63) is 95.7 Å². The van der Waals surface area contributed by atoms with Crippen molar-refractivity contribution in [1.82, 2.24) is 20.6 Å². The molecule has 2 heterocycles. The van der Waals surface area contributed by atoms with E-state index < -0.39 is 28.5 Å². The number of halogens is 2. The van der Waals surface area contributed by atoms with Crippen molar-refractivity contribution in [2.24, 2.45) is 10.1 Å². The van der Waals surface area contributed by atoms with Gasteiger partial charge in [-0.1, -0.05) is 48.2 Å². The predicted octanol–water partition coefficient (Wildman–Crippen LogP) is 4.34. The molecule has 4 rings (SSSR count). The number of pyridine rings is 1. The van der Waals surface area contributed by atoms with Crippen molar-refractivity contribution >= 4 is 28.7 Å². The highest BCUT2D eigenvalue weighted by Gasteiger charge is 2.50. The van der Waals surface area contributed by atoms with Gasteiger partial charge in [0, 0.05) is 31.4 Å². The fourth-order valence-corrected chi connectivity index (χ4v) is 5.59. The van der Waals surface area contributed by atoms with E-state index in [4.69, 9.17) is 10.00 Å². The molecule has 3 aromatic rings. The molecule has 12 heteroatoms. The summed E-state index contributed by atoms with van der Waals surface area (Å²) in [7, 11) is 1.64. The molecule has 206 valence electrons. The Kier molecular flexibility index (Phi) is 9.29. The van der Waals surface area contributed by atoms with Gasteiger partial charge in [0.05, 0.1) is 0 Å². The normalized spacial score (nSPS) is 17.5. The van der Waals surface area contributed by atoms with Crippen LogP contribution in [0, 0.1) is 23.1 Å². The highest BCUT2D eigenvalue weighted by molar-refractivity contribution is 8.15. The molecule has 1 aliphatic heterocycles. The molecular formula is C28H27F2N7O2S. The minimum absolute atomic E-state index is 0.0457. The maximum absolute atomic E-state index is 14.9. The number of aromatic nitrogens is 1. The smallest absolute Gasteiger partial charge is 0.285 e. The monoisotopic (exact) mass is 563 g/mol. The summed E-state index contributed by atoms with van der Waals surface area (Å²) in [6, 6.07) is 17.5. The minimum Gasteiger partial charge on any atom is -0.464 e. The zero-order chi connectivity index (χ0) is 28.5. The average molecular weight is 564 g/mol. The highest BCUT2D eigenvalue weighted by atomic mass is 32.2. The first kappa shape index (κ1) is 28.5. The molecule has 40 heavy (non-hydrogen) atoms. The molecule has 2 N–H and O–H groups in total. The second-order valence-corrected chi connectivity index (χ2v) is 9.97. The largest absolute Gasteiger partial charge is 0.464 e. The number of nitriles is 1. The van der Waals surface area contributed by atoms with E-state index in [2.05, 4.69) is 25.7 Å². The lowest BCUT2D eigenvalue weighted by atomic mass is 9.99. The Morgan fingerprint density at radius 3 is 2.67 bits per heavy atom. The van der Waals surface area contributed by atoms with Crippen molar-refractivity contribution in [2.45, 2.75) is 30.7 Å². The Balaban J connectivity index is 1.72. The first-order valence-electron chi connectivity index (χ1n) is 12.5. The summed E-state index contributed by atoms with van der Waals surface area (Å²) in [5.74, 6) is -1.19. The third-order valence-electron chi connectivity index (χ3n) is 6.06. The molecule has 1 aromatic heterocycles. The minimum atomic E-state index is -1.11. The Hall–Kier alpha value is -4.50. The second kappa shape index (κ2) is 13.0. The summed E-state index contributed by atoms with van der Waals surface area (Å²) in [6.07, 6.45) is 3.15. The molecule has 1 amide bonds. The zero-order valence-electron chi connectivity index (χ0n) is 21.8. The van der Waals surface area contributed by atoms with Crippen LogP contribution in [-0.4, -0.2) is 46.6 Å². The lowest BCUT2D eigenvalue weighted by Crippen LogP contribution is -2.47. The van der Waals surface area contributed by atoms with Gasteiger partial charge in [0.1, 0.15) is 21.5 Å². The van der Waals surface area contributed by atoms with Gasteiger partial charge in [0.25, 0.3) is 5.91 Å².